The molecule has 0 aliphatic rings. The summed E-state index contributed by atoms with van der Waals surface area (Å²) in [4.78, 5) is 12.8. The monoisotopic (exact) mass is 424 g/mol. The van der Waals surface area contributed by atoms with Crippen LogP contribution in [0.25, 0.3) is 0 Å². The summed E-state index contributed by atoms with van der Waals surface area (Å²) in [6, 6.07) is 22.6. The molecule has 0 atom stereocenters. The molecule has 30 heavy (non-hydrogen) atoms. The minimum Gasteiger partial charge on any atom is -0.497 e. The molecule has 0 heterocycles. The van der Waals surface area contributed by atoms with Gasteiger partial charge in [0.2, 0.25) is 15.9 Å². The Labute approximate surface area is 177 Å². The Bertz CT molecular complexity index is 1080. The van der Waals surface area contributed by atoms with Crippen LogP contribution < -0.4 is 10.1 Å². The smallest absolute Gasteiger partial charge is 0.243 e. The molecule has 0 unspecified atom stereocenters. The van der Waals surface area contributed by atoms with Gasteiger partial charge in [-0.05, 0) is 48.9 Å². The first-order chi connectivity index (χ1) is 14.4. The number of nitrogens with one attached hydrogen (secondary N) is 1. The van der Waals surface area contributed by atoms with Gasteiger partial charge in [0.05, 0.1) is 18.6 Å². The standard InChI is InChI=1S/C23H24N2O4S/c1-18-8-14-22(15-9-18)30(27,28)25(16-19-6-4-3-5-7-19)17-23(26)24-20-10-12-21(29-2)13-11-20/h3-15H,16-17H2,1-2H3,(H,24,26). The lowest BCUT2D eigenvalue weighted by molar-refractivity contribution is -0.116. The first-order valence-electron chi connectivity index (χ1n) is 9.43. The maximum Gasteiger partial charge on any atom is 0.243 e. The van der Waals surface area contributed by atoms with E-state index in [9.17, 15) is 13.2 Å². The van der Waals surface area contributed by atoms with Gasteiger partial charge in [-0.2, -0.15) is 4.31 Å². The summed E-state index contributed by atoms with van der Waals surface area (Å²) in [7, 11) is -2.30. The third kappa shape index (κ3) is 5.46. The number of anilines is 1. The van der Waals surface area contributed by atoms with Crippen molar-refractivity contribution in [1.82, 2.24) is 4.31 Å². The van der Waals surface area contributed by atoms with Crippen molar-refractivity contribution >= 4 is 21.6 Å². The molecule has 1 amide bonds. The summed E-state index contributed by atoms with van der Waals surface area (Å²) in [5.41, 5.74) is 2.32. The predicted molar refractivity (Wildman–Crippen MR) is 117 cm³/mol. The van der Waals surface area contributed by atoms with Crippen molar-refractivity contribution in [3.63, 3.8) is 0 Å². The number of hydrogen-bond donors (Lipinski definition) is 1. The minimum absolute atomic E-state index is 0.0904. The average molecular weight is 425 g/mol. The summed E-state index contributed by atoms with van der Waals surface area (Å²) in [6.45, 7) is 1.67. The SMILES string of the molecule is COc1ccc(NC(=O)CN(Cc2ccccc2)S(=O)(=O)c2ccc(C)cc2)cc1. The molecule has 0 spiro atoms. The van der Waals surface area contributed by atoms with E-state index in [2.05, 4.69) is 5.32 Å². The van der Waals surface area contributed by atoms with Gasteiger partial charge in [-0.15, -0.1) is 0 Å². The number of carbonyl (C=O) groups is 1. The number of hydrogen-bond acceptors (Lipinski definition) is 4. The maximum absolute atomic E-state index is 13.2. The van der Waals surface area contributed by atoms with Crippen LogP contribution in [0.15, 0.2) is 83.8 Å². The molecule has 156 valence electrons. The Morgan fingerprint density at radius 1 is 0.933 bits per heavy atom. The number of rotatable bonds is 8. The van der Waals surface area contributed by atoms with E-state index in [1.54, 1.807) is 55.6 Å². The van der Waals surface area contributed by atoms with Crippen LogP contribution >= 0.6 is 0 Å². The topological polar surface area (TPSA) is 75.7 Å². The fraction of sp³-hybridized carbons (Fsp3) is 0.174. The molecular weight excluding hydrogens is 400 g/mol. The number of ether oxygens (including phenoxy) is 1. The van der Waals surface area contributed by atoms with Crippen LogP contribution in [-0.4, -0.2) is 32.3 Å². The number of aryl methyl sites for hydroxylation is 1. The van der Waals surface area contributed by atoms with E-state index in [1.807, 2.05) is 37.3 Å². The second-order valence-corrected chi connectivity index (χ2v) is 8.79. The second-order valence-electron chi connectivity index (χ2n) is 6.85. The summed E-state index contributed by atoms with van der Waals surface area (Å²) >= 11 is 0. The van der Waals surface area contributed by atoms with Crippen molar-refractivity contribution < 1.29 is 17.9 Å². The lowest BCUT2D eigenvalue weighted by Gasteiger charge is -2.22. The maximum atomic E-state index is 13.2. The van der Waals surface area contributed by atoms with Crippen molar-refractivity contribution in [3.05, 3.63) is 90.0 Å². The fourth-order valence-electron chi connectivity index (χ4n) is 2.91. The molecule has 3 aromatic carbocycles. The minimum atomic E-state index is -3.86. The van der Waals surface area contributed by atoms with Crippen LogP contribution in [0.3, 0.4) is 0 Å². The molecule has 1 N–H and O–H groups in total. The Hall–Kier alpha value is -3.16. The summed E-state index contributed by atoms with van der Waals surface area (Å²) in [5.74, 6) is 0.243. The van der Waals surface area contributed by atoms with Crippen molar-refractivity contribution in [3.8, 4) is 5.75 Å². The van der Waals surface area contributed by atoms with Crippen LogP contribution in [0.5, 0.6) is 5.75 Å². The van der Waals surface area contributed by atoms with E-state index in [0.29, 0.717) is 11.4 Å². The molecule has 0 aliphatic carbocycles. The van der Waals surface area contributed by atoms with Crippen molar-refractivity contribution in [2.75, 3.05) is 19.0 Å². The van der Waals surface area contributed by atoms with E-state index in [4.69, 9.17) is 4.74 Å². The highest BCUT2D eigenvalue weighted by molar-refractivity contribution is 7.89. The van der Waals surface area contributed by atoms with E-state index < -0.39 is 15.9 Å². The molecule has 0 aliphatic heterocycles. The fourth-order valence-corrected chi connectivity index (χ4v) is 4.29. The van der Waals surface area contributed by atoms with Gasteiger partial charge in [0, 0.05) is 12.2 Å². The van der Waals surface area contributed by atoms with E-state index in [-0.39, 0.29) is 18.0 Å². The van der Waals surface area contributed by atoms with Gasteiger partial charge in [0.15, 0.2) is 0 Å². The van der Waals surface area contributed by atoms with Gasteiger partial charge in [-0.1, -0.05) is 48.0 Å². The number of methoxy groups -OCH3 is 1. The summed E-state index contributed by atoms with van der Waals surface area (Å²) < 4.78 is 32.8. The van der Waals surface area contributed by atoms with Crippen LogP contribution in [0, 0.1) is 6.92 Å². The Balaban J connectivity index is 1.83. The molecular formula is C23H24N2O4S. The lowest BCUT2D eigenvalue weighted by Crippen LogP contribution is -2.37. The molecule has 3 rings (SSSR count). The van der Waals surface area contributed by atoms with Gasteiger partial charge in [-0.25, -0.2) is 8.42 Å². The van der Waals surface area contributed by atoms with Crippen molar-refractivity contribution in [1.29, 1.82) is 0 Å². The van der Waals surface area contributed by atoms with Gasteiger partial charge >= 0.3 is 0 Å². The van der Waals surface area contributed by atoms with Gasteiger partial charge in [-0.3, -0.25) is 4.79 Å². The zero-order chi connectivity index (χ0) is 21.6. The number of sulfonamides is 1. The predicted octanol–water partition coefficient (Wildman–Crippen LogP) is 3.83. The van der Waals surface area contributed by atoms with Crippen LogP contribution in [0.4, 0.5) is 5.69 Å². The zero-order valence-electron chi connectivity index (χ0n) is 16.9. The lowest BCUT2D eigenvalue weighted by atomic mass is 10.2. The first kappa shape index (κ1) is 21.5. The van der Waals surface area contributed by atoms with E-state index >= 15 is 0 Å². The highest BCUT2D eigenvalue weighted by Gasteiger charge is 2.27. The highest BCUT2D eigenvalue weighted by Crippen LogP contribution is 2.20. The van der Waals surface area contributed by atoms with Crippen molar-refractivity contribution in [2.24, 2.45) is 0 Å². The molecule has 0 saturated heterocycles. The first-order valence-corrected chi connectivity index (χ1v) is 10.9. The van der Waals surface area contributed by atoms with Gasteiger partial charge < -0.3 is 10.1 Å². The largest absolute Gasteiger partial charge is 0.497 e. The molecule has 3 aromatic rings. The third-order valence-corrected chi connectivity index (χ3v) is 6.36. The van der Waals surface area contributed by atoms with Gasteiger partial charge in [0.1, 0.15) is 5.75 Å². The normalized spacial score (nSPS) is 11.3. The molecule has 0 bridgehead atoms. The quantitative estimate of drug-likeness (QED) is 0.596. The number of benzene rings is 3. The van der Waals surface area contributed by atoms with E-state index in [0.717, 1.165) is 11.1 Å². The van der Waals surface area contributed by atoms with Crippen LogP contribution in [0.2, 0.25) is 0 Å². The molecule has 0 radical (unpaired) electrons. The van der Waals surface area contributed by atoms with Crippen LogP contribution in [-0.2, 0) is 21.4 Å². The molecule has 7 heteroatoms. The summed E-state index contributed by atoms with van der Waals surface area (Å²) in [5, 5.41) is 2.74. The van der Waals surface area contributed by atoms with E-state index in [1.165, 1.54) is 4.31 Å². The molecule has 6 nitrogen and oxygen atoms in total. The number of carbonyl (C=O) groups excluding carboxylic acids is 1. The molecule has 0 fully saturated rings. The Morgan fingerprint density at radius 3 is 2.17 bits per heavy atom. The highest BCUT2D eigenvalue weighted by atomic mass is 32.2. The Morgan fingerprint density at radius 2 is 1.57 bits per heavy atom. The number of nitrogens with zero attached hydrogens (tertiary/aromatic N) is 1. The average Bonchev–Trinajstić information content (AvgIpc) is 2.75. The van der Waals surface area contributed by atoms with Gasteiger partial charge in [0.25, 0.3) is 0 Å². The number of amides is 1. The van der Waals surface area contributed by atoms with Crippen molar-refractivity contribution in [2.45, 2.75) is 18.4 Å². The molecule has 0 saturated carbocycles. The summed E-state index contributed by atoms with van der Waals surface area (Å²) in [6.07, 6.45) is 0. The van der Waals surface area contributed by atoms with Crippen LogP contribution in [0.1, 0.15) is 11.1 Å². The second kappa shape index (κ2) is 9.56. The third-order valence-electron chi connectivity index (χ3n) is 4.55. The molecule has 0 aromatic heterocycles. The Kier molecular flexibility index (Phi) is 6.87. The zero-order valence-corrected chi connectivity index (χ0v) is 17.7.